The lowest BCUT2D eigenvalue weighted by Crippen LogP contribution is -2.56. The number of benzene rings is 1. The van der Waals surface area contributed by atoms with Crippen molar-refractivity contribution in [1.82, 2.24) is 14.8 Å². The summed E-state index contributed by atoms with van der Waals surface area (Å²) in [7, 11) is 0. The number of hydrogen-bond donors (Lipinski definition) is 2. The van der Waals surface area contributed by atoms with Gasteiger partial charge in [-0.25, -0.2) is 9.18 Å². The minimum atomic E-state index is -3.33. The molecular formula is C22H22F3N3O3. The van der Waals surface area contributed by atoms with E-state index in [4.69, 9.17) is 0 Å². The van der Waals surface area contributed by atoms with E-state index in [9.17, 15) is 19.1 Å². The van der Waals surface area contributed by atoms with Crippen LogP contribution in [-0.2, 0) is 6.42 Å². The van der Waals surface area contributed by atoms with Crippen LogP contribution in [0.3, 0.4) is 0 Å². The van der Waals surface area contributed by atoms with Crippen LogP contribution in [0, 0.1) is 5.82 Å². The van der Waals surface area contributed by atoms with Gasteiger partial charge in [-0.05, 0) is 44.2 Å². The van der Waals surface area contributed by atoms with Gasteiger partial charge in [-0.3, -0.25) is 4.79 Å². The van der Waals surface area contributed by atoms with Gasteiger partial charge < -0.3 is 19.9 Å². The number of alkyl halides is 2. The predicted octanol–water partition coefficient (Wildman–Crippen LogP) is 2.89. The molecule has 1 aromatic heterocycles. The second-order valence-corrected chi connectivity index (χ2v) is 8.17. The summed E-state index contributed by atoms with van der Waals surface area (Å²) in [5.74, 6) is -5.34. The zero-order valence-electron chi connectivity index (χ0n) is 17.0. The molecule has 1 aliphatic heterocycles. The fourth-order valence-corrected chi connectivity index (χ4v) is 4.37. The predicted molar refractivity (Wildman–Crippen MR) is 109 cm³/mol. The number of halogens is 3. The van der Waals surface area contributed by atoms with Crippen LogP contribution in [0.15, 0.2) is 41.0 Å². The molecule has 31 heavy (non-hydrogen) atoms. The maximum Gasteiger partial charge on any atom is 0.341 e. The largest absolute Gasteiger partial charge is 0.477 e. The third kappa shape index (κ3) is 3.85. The van der Waals surface area contributed by atoms with Gasteiger partial charge in [0.2, 0.25) is 0 Å². The lowest BCUT2D eigenvalue weighted by atomic mass is 9.92. The maximum absolute atomic E-state index is 15.2. The normalized spacial score (nSPS) is 22.6. The van der Waals surface area contributed by atoms with E-state index in [1.807, 2.05) is 13.8 Å². The number of piperazine rings is 1. The van der Waals surface area contributed by atoms with E-state index in [1.165, 1.54) is 34.9 Å². The molecule has 2 unspecified atom stereocenters. The molecule has 164 valence electrons. The molecule has 2 N–H and O–H groups in total. The van der Waals surface area contributed by atoms with E-state index >= 15 is 8.78 Å². The molecule has 4 rings (SSSR count). The Morgan fingerprint density at radius 3 is 2.35 bits per heavy atom. The molecule has 0 radical (unpaired) electrons. The molecule has 0 saturated carbocycles. The van der Waals surface area contributed by atoms with Crippen LogP contribution in [0.4, 0.5) is 13.2 Å². The van der Waals surface area contributed by atoms with Gasteiger partial charge in [-0.2, -0.15) is 8.78 Å². The van der Waals surface area contributed by atoms with Gasteiger partial charge >= 0.3 is 5.97 Å². The van der Waals surface area contributed by atoms with E-state index in [-0.39, 0.29) is 29.0 Å². The molecule has 0 spiro atoms. The van der Waals surface area contributed by atoms with E-state index in [2.05, 4.69) is 5.32 Å². The number of carbonyl (C=O) groups is 1. The number of fused-ring (bicyclic) bond motifs is 1. The molecule has 1 aromatic carbocycles. The number of aromatic carboxylic acids is 1. The summed E-state index contributed by atoms with van der Waals surface area (Å²) in [5.41, 5.74) is -1.48. The van der Waals surface area contributed by atoms with Gasteiger partial charge in [-0.1, -0.05) is 0 Å². The van der Waals surface area contributed by atoms with Crippen molar-refractivity contribution in [3.05, 3.63) is 69.0 Å². The molecule has 2 aromatic rings. The second-order valence-electron chi connectivity index (χ2n) is 8.17. The van der Waals surface area contributed by atoms with Crippen molar-refractivity contribution < 1.29 is 23.1 Å². The fourth-order valence-electron chi connectivity index (χ4n) is 4.37. The zero-order chi connectivity index (χ0) is 22.5. The summed E-state index contributed by atoms with van der Waals surface area (Å²) < 4.78 is 45.2. The van der Waals surface area contributed by atoms with Crippen LogP contribution >= 0.6 is 0 Å². The number of allylic oxidation sites excluding steroid dienone is 1. The number of pyridine rings is 1. The summed E-state index contributed by atoms with van der Waals surface area (Å²) in [6, 6.07) is 5.16. The summed E-state index contributed by atoms with van der Waals surface area (Å²) in [4.78, 5) is 25.9. The molecule has 9 heteroatoms. The Balaban J connectivity index is 1.95. The number of rotatable bonds is 3. The first-order valence-electron chi connectivity index (χ1n) is 9.95. The Labute approximate surface area is 176 Å². The average molecular weight is 433 g/mol. The van der Waals surface area contributed by atoms with Crippen molar-refractivity contribution in [2.75, 3.05) is 13.1 Å². The minimum Gasteiger partial charge on any atom is -0.477 e. The topological polar surface area (TPSA) is 74.6 Å². The summed E-state index contributed by atoms with van der Waals surface area (Å²) in [5, 5.41) is 12.7. The smallest absolute Gasteiger partial charge is 0.341 e. The molecule has 0 bridgehead atoms. The van der Waals surface area contributed by atoms with Gasteiger partial charge in [0, 0.05) is 49.0 Å². The van der Waals surface area contributed by atoms with Gasteiger partial charge in [0.25, 0.3) is 5.92 Å². The van der Waals surface area contributed by atoms with E-state index < -0.39 is 35.1 Å². The first-order valence-corrected chi connectivity index (χ1v) is 9.95. The maximum atomic E-state index is 15.2. The van der Waals surface area contributed by atoms with Crippen LogP contribution < -0.4 is 10.7 Å². The highest BCUT2D eigenvalue weighted by molar-refractivity contribution is 5.88. The van der Waals surface area contributed by atoms with Crippen molar-refractivity contribution >= 4 is 12.0 Å². The molecular weight excluding hydrogens is 411 g/mol. The monoisotopic (exact) mass is 433 g/mol. The Morgan fingerprint density at radius 1 is 1.16 bits per heavy atom. The van der Waals surface area contributed by atoms with E-state index in [1.54, 1.807) is 4.90 Å². The summed E-state index contributed by atoms with van der Waals surface area (Å²) in [6.07, 6.45) is 1.47. The van der Waals surface area contributed by atoms with Crippen molar-refractivity contribution in [3.63, 3.8) is 0 Å². The first kappa shape index (κ1) is 21.2. The summed E-state index contributed by atoms with van der Waals surface area (Å²) in [6.45, 7) is 4.56. The van der Waals surface area contributed by atoms with Crippen molar-refractivity contribution in [1.29, 1.82) is 0 Å². The van der Waals surface area contributed by atoms with Crippen LogP contribution in [-0.4, -0.2) is 51.6 Å². The van der Waals surface area contributed by atoms with Gasteiger partial charge in [0.1, 0.15) is 11.4 Å². The van der Waals surface area contributed by atoms with E-state index in [0.717, 1.165) is 6.20 Å². The lowest BCUT2D eigenvalue weighted by molar-refractivity contribution is 0.00334. The SMILES string of the molecule is CC1CN(C2=Cc3c(c(=O)c(C(=O)O)cn3-c3ccc(F)cc3)CC2(F)F)CC(C)N1. The highest BCUT2D eigenvalue weighted by Gasteiger charge is 2.44. The molecule has 0 amide bonds. The fraction of sp³-hybridized carbons (Fsp3) is 0.364. The van der Waals surface area contributed by atoms with Crippen LogP contribution in [0.2, 0.25) is 0 Å². The Kier molecular flexibility index (Phi) is 5.17. The minimum absolute atomic E-state index is 0.00414. The molecule has 2 aliphatic rings. The number of nitrogens with one attached hydrogen (secondary N) is 1. The number of nitrogens with zero attached hydrogens (tertiary/aromatic N) is 2. The third-order valence-electron chi connectivity index (χ3n) is 5.63. The second kappa shape index (κ2) is 7.56. The standard InChI is InChI=1S/C22H22F3N3O3/c1-12-9-27(10-13(2)26-12)19-7-18-16(8-22(19,24)25)20(29)17(21(30)31)11-28(18)15-5-3-14(23)4-6-15/h3-7,11-13,26H,8-10H2,1-2H3,(H,30,31). The van der Waals surface area contributed by atoms with Crippen LogP contribution in [0.5, 0.6) is 0 Å². The first-order chi connectivity index (χ1) is 14.6. The molecule has 2 atom stereocenters. The molecule has 6 nitrogen and oxygen atoms in total. The van der Waals surface area contributed by atoms with Crippen molar-refractivity contribution in [2.24, 2.45) is 0 Å². The molecule has 1 saturated heterocycles. The number of aromatic nitrogens is 1. The Hall–Kier alpha value is -3.07. The number of hydrogen-bond acceptors (Lipinski definition) is 4. The molecule has 2 heterocycles. The van der Waals surface area contributed by atoms with Gasteiger partial charge in [0.15, 0.2) is 5.43 Å². The van der Waals surface area contributed by atoms with Gasteiger partial charge in [0.05, 0.1) is 11.4 Å². The molecule has 1 fully saturated rings. The van der Waals surface area contributed by atoms with Crippen molar-refractivity contribution in [2.45, 2.75) is 38.3 Å². The highest BCUT2D eigenvalue weighted by atomic mass is 19.3. The van der Waals surface area contributed by atoms with Crippen LogP contribution in [0.25, 0.3) is 11.8 Å². The third-order valence-corrected chi connectivity index (χ3v) is 5.63. The van der Waals surface area contributed by atoms with Crippen molar-refractivity contribution in [3.8, 4) is 5.69 Å². The Morgan fingerprint density at radius 2 is 1.77 bits per heavy atom. The quantitative estimate of drug-likeness (QED) is 0.779. The Bertz CT molecular complexity index is 1120. The average Bonchev–Trinajstić information content (AvgIpc) is 2.67. The van der Waals surface area contributed by atoms with Crippen LogP contribution in [0.1, 0.15) is 35.5 Å². The molecule has 1 aliphatic carbocycles. The number of carboxylic acids is 1. The lowest BCUT2D eigenvalue weighted by Gasteiger charge is -2.42. The zero-order valence-corrected chi connectivity index (χ0v) is 17.0. The summed E-state index contributed by atoms with van der Waals surface area (Å²) >= 11 is 0. The van der Waals surface area contributed by atoms with E-state index in [0.29, 0.717) is 18.8 Å². The number of carboxylic acid groups (broad SMARTS) is 1. The highest BCUT2D eigenvalue weighted by Crippen LogP contribution is 2.38. The van der Waals surface area contributed by atoms with Gasteiger partial charge in [-0.15, -0.1) is 0 Å².